The van der Waals surface area contributed by atoms with Crippen LogP contribution >= 0.6 is 12.2 Å². The summed E-state index contributed by atoms with van der Waals surface area (Å²) in [6.07, 6.45) is 1.01. The molecule has 0 bridgehead atoms. The predicted molar refractivity (Wildman–Crippen MR) is 54.1 cm³/mol. The minimum absolute atomic E-state index is 0.0259. The molecule has 0 saturated carbocycles. The van der Waals surface area contributed by atoms with Gasteiger partial charge in [0.1, 0.15) is 11.9 Å². The lowest BCUT2D eigenvalue weighted by atomic mass is 10.0. The Morgan fingerprint density at radius 3 is 2.93 bits per heavy atom. The van der Waals surface area contributed by atoms with Crippen LogP contribution < -0.4 is 5.73 Å². The van der Waals surface area contributed by atoms with Crippen molar-refractivity contribution in [2.24, 2.45) is 5.92 Å². The summed E-state index contributed by atoms with van der Waals surface area (Å²) < 4.78 is 5.80. The zero-order valence-corrected chi connectivity index (χ0v) is 8.67. The van der Waals surface area contributed by atoms with Crippen molar-refractivity contribution < 1.29 is 4.74 Å². The largest absolute Gasteiger partial charge is 0.370 e. The minimum Gasteiger partial charge on any atom is -0.370 e. The number of hydrogen-bond acceptors (Lipinski definition) is 5. The van der Waals surface area contributed by atoms with E-state index in [1.807, 2.05) is 0 Å². The highest BCUT2D eigenvalue weighted by atomic mass is 32.1. The molecule has 1 aliphatic rings. The SMILES string of the molecule is CC1CCOC1c1nc(=S)nc(N)[nH]1. The molecule has 1 fully saturated rings. The van der Waals surface area contributed by atoms with Gasteiger partial charge in [-0.2, -0.15) is 4.98 Å². The third-order valence-corrected chi connectivity index (χ3v) is 2.53. The van der Waals surface area contributed by atoms with Crippen molar-refractivity contribution >= 4 is 18.2 Å². The van der Waals surface area contributed by atoms with Crippen LogP contribution in [0.2, 0.25) is 0 Å². The predicted octanol–water partition coefficient (Wildman–Crippen LogP) is 1.21. The summed E-state index contributed by atoms with van der Waals surface area (Å²) in [6, 6.07) is 0. The number of nitrogens with one attached hydrogen (secondary N) is 1. The average Bonchev–Trinajstić information content (AvgIpc) is 2.49. The van der Waals surface area contributed by atoms with Crippen LogP contribution in [0.25, 0.3) is 0 Å². The number of aromatic nitrogens is 3. The molecule has 1 aromatic heterocycles. The van der Waals surface area contributed by atoms with Crippen LogP contribution in [0.4, 0.5) is 5.95 Å². The van der Waals surface area contributed by atoms with Gasteiger partial charge < -0.3 is 15.5 Å². The third kappa shape index (κ3) is 1.76. The van der Waals surface area contributed by atoms with E-state index in [1.165, 1.54) is 0 Å². The minimum atomic E-state index is -0.0259. The van der Waals surface area contributed by atoms with E-state index >= 15 is 0 Å². The summed E-state index contributed by atoms with van der Waals surface area (Å²) >= 11 is 4.88. The lowest BCUT2D eigenvalue weighted by molar-refractivity contribution is 0.0871. The number of anilines is 1. The number of nitrogens with zero attached hydrogens (tertiary/aromatic N) is 2. The van der Waals surface area contributed by atoms with Gasteiger partial charge in [0, 0.05) is 6.61 Å². The molecule has 1 aliphatic heterocycles. The van der Waals surface area contributed by atoms with Crippen LogP contribution in [-0.4, -0.2) is 21.6 Å². The van der Waals surface area contributed by atoms with E-state index in [-0.39, 0.29) is 10.9 Å². The summed E-state index contributed by atoms with van der Waals surface area (Å²) in [4.78, 5) is 10.8. The molecule has 3 N–H and O–H groups in total. The van der Waals surface area contributed by atoms with Gasteiger partial charge in [-0.05, 0) is 24.6 Å². The van der Waals surface area contributed by atoms with Crippen LogP contribution in [0, 0.1) is 10.7 Å². The van der Waals surface area contributed by atoms with Gasteiger partial charge in [-0.15, -0.1) is 0 Å². The smallest absolute Gasteiger partial charge is 0.224 e. The zero-order chi connectivity index (χ0) is 10.1. The average molecular weight is 212 g/mol. The number of nitrogen functional groups attached to an aromatic ring is 1. The summed E-state index contributed by atoms with van der Waals surface area (Å²) in [6.45, 7) is 2.88. The Hall–Kier alpha value is -1.01. The van der Waals surface area contributed by atoms with Crippen LogP contribution in [0.1, 0.15) is 25.3 Å². The fourth-order valence-electron chi connectivity index (χ4n) is 1.60. The molecular weight excluding hydrogens is 200 g/mol. The molecule has 0 amide bonds. The van der Waals surface area contributed by atoms with Gasteiger partial charge in [0.05, 0.1) is 0 Å². The van der Waals surface area contributed by atoms with E-state index in [9.17, 15) is 0 Å². The molecule has 0 spiro atoms. The monoisotopic (exact) mass is 212 g/mol. The molecule has 0 aromatic carbocycles. The first-order valence-corrected chi connectivity index (χ1v) is 4.93. The summed E-state index contributed by atoms with van der Waals surface area (Å²) in [5, 5.41) is 0. The highest BCUT2D eigenvalue weighted by Crippen LogP contribution is 2.31. The van der Waals surface area contributed by atoms with E-state index in [0.29, 0.717) is 17.7 Å². The molecule has 0 aliphatic carbocycles. The first-order chi connectivity index (χ1) is 6.66. The highest BCUT2D eigenvalue weighted by Gasteiger charge is 2.27. The maximum absolute atomic E-state index is 5.54. The molecule has 2 atom stereocenters. The van der Waals surface area contributed by atoms with Crippen LogP contribution in [0.5, 0.6) is 0 Å². The molecular formula is C8H12N4OS. The Labute approximate surface area is 86.7 Å². The van der Waals surface area contributed by atoms with Gasteiger partial charge >= 0.3 is 0 Å². The molecule has 1 saturated heterocycles. The summed E-state index contributed by atoms with van der Waals surface area (Å²) in [5.74, 6) is 1.42. The van der Waals surface area contributed by atoms with Gasteiger partial charge in [0.25, 0.3) is 0 Å². The molecule has 14 heavy (non-hydrogen) atoms. The van der Waals surface area contributed by atoms with Crippen molar-refractivity contribution in [2.75, 3.05) is 12.3 Å². The molecule has 1 aromatic rings. The van der Waals surface area contributed by atoms with Crippen LogP contribution in [-0.2, 0) is 4.74 Å². The van der Waals surface area contributed by atoms with Crippen molar-refractivity contribution in [3.05, 3.63) is 10.6 Å². The fraction of sp³-hybridized carbons (Fsp3) is 0.625. The number of hydrogen-bond donors (Lipinski definition) is 2. The van der Waals surface area contributed by atoms with Crippen molar-refractivity contribution in [1.29, 1.82) is 0 Å². The van der Waals surface area contributed by atoms with Gasteiger partial charge in [-0.25, -0.2) is 4.98 Å². The summed E-state index contributed by atoms with van der Waals surface area (Å²) in [7, 11) is 0. The zero-order valence-electron chi connectivity index (χ0n) is 7.86. The lowest BCUT2D eigenvalue weighted by Crippen LogP contribution is -2.11. The lowest BCUT2D eigenvalue weighted by Gasteiger charge is -2.13. The van der Waals surface area contributed by atoms with E-state index in [0.717, 1.165) is 13.0 Å². The second-order valence-corrected chi connectivity index (χ2v) is 3.82. The van der Waals surface area contributed by atoms with Crippen molar-refractivity contribution in [3.63, 3.8) is 0 Å². The topological polar surface area (TPSA) is 76.8 Å². The first kappa shape index (κ1) is 9.54. The molecule has 5 nitrogen and oxygen atoms in total. The molecule has 2 unspecified atom stereocenters. The molecule has 0 radical (unpaired) electrons. The molecule has 76 valence electrons. The highest BCUT2D eigenvalue weighted by molar-refractivity contribution is 7.71. The van der Waals surface area contributed by atoms with Crippen LogP contribution in [0.3, 0.4) is 0 Å². The Kier molecular flexibility index (Phi) is 2.47. The standard InChI is InChI=1S/C8H12N4OS/c1-4-2-3-13-5(4)6-10-7(9)12-8(14)11-6/h4-5H,2-3H2,1H3,(H3,9,10,11,12,14). The second-order valence-electron chi connectivity index (χ2n) is 3.46. The number of rotatable bonds is 1. The van der Waals surface area contributed by atoms with Crippen LogP contribution in [0.15, 0.2) is 0 Å². The van der Waals surface area contributed by atoms with Gasteiger partial charge in [0.15, 0.2) is 0 Å². The number of H-pyrrole nitrogens is 1. The molecule has 2 heterocycles. The maximum atomic E-state index is 5.54. The summed E-state index contributed by atoms with van der Waals surface area (Å²) in [5.41, 5.74) is 5.54. The van der Waals surface area contributed by atoms with Gasteiger partial charge in [0.2, 0.25) is 10.7 Å². The number of ether oxygens (including phenoxy) is 1. The Morgan fingerprint density at radius 2 is 2.36 bits per heavy atom. The Balaban J connectivity index is 2.36. The Bertz CT molecular complexity index is 391. The van der Waals surface area contributed by atoms with E-state index in [4.69, 9.17) is 22.7 Å². The van der Waals surface area contributed by atoms with E-state index in [2.05, 4.69) is 21.9 Å². The fourth-order valence-corrected chi connectivity index (χ4v) is 1.79. The van der Waals surface area contributed by atoms with Crippen molar-refractivity contribution in [1.82, 2.24) is 15.0 Å². The number of nitrogens with two attached hydrogens (primary N) is 1. The third-order valence-electron chi connectivity index (χ3n) is 2.35. The number of aromatic amines is 1. The maximum Gasteiger partial charge on any atom is 0.224 e. The van der Waals surface area contributed by atoms with Crippen molar-refractivity contribution in [3.8, 4) is 0 Å². The first-order valence-electron chi connectivity index (χ1n) is 4.52. The molecule has 6 heteroatoms. The van der Waals surface area contributed by atoms with E-state index < -0.39 is 0 Å². The second kappa shape index (κ2) is 3.62. The normalized spacial score (nSPS) is 26.6. The van der Waals surface area contributed by atoms with Gasteiger partial charge in [-0.1, -0.05) is 6.92 Å². The molecule has 2 rings (SSSR count). The van der Waals surface area contributed by atoms with Crippen molar-refractivity contribution in [2.45, 2.75) is 19.4 Å². The van der Waals surface area contributed by atoms with Gasteiger partial charge in [-0.3, -0.25) is 0 Å². The van der Waals surface area contributed by atoms with E-state index in [1.54, 1.807) is 0 Å². The quantitative estimate of drug-likeness (QED) is 0.684. The Morgan fingerprint density at radius 1 is 1.57 bits per heavy atom.